The van der Waals surface area contributed by atoms with Crippen molar-refractivity contribution in [3.8, 4) is 0 Å². The molecule has 11 heavy (non-hydrogen) atoms. The monoisotopic (exact) mass is 144 g/mol. The van der Waals surface area contributed by atoms with Gasteiger partial charge in [0.2, 0.25) is 0 Å². The van der Waals surface area contributed by atoms with E-state index in [-0.39, 0.29) is 0 Å². The van der Waals surface area contributed by atoms with E-state index in [1.165, 1.54) is 11.1 Å². The fourth-order valence-electron chi connectivity index (χ4n) is 1.34. The zero-order chi connectivity index (χ0) is 7.68. The summed E-state index contributed by atoms with van der Waals surface area (Å²) in [7, 11) is 0. The van der Waals surface area contributed by atoms with Crippen molar-refractivity contribution in [1.82, 2.24) is 0 Å². The number of allylic oxidation sites excluding steroid dienone is 1. The van der Waals surface area contributed by atoms with E-state index >= 15 is 0 Å². The first kappa shape index (κ1) is 6.35. The van der Waals surface area contributed by atoms with Crippen LogP contribution in [-0.4, -0.2) is 6.29 Å². The first-order valence-electron chi connectivity index (χ1n) is 3.65. The topological polar surface area (TPSA) is 17.1 Å². The fraction of sp³-hybridized carbons (Fsp3) is 0.100. The maximum absolute atomic E-state index is 10.4. The molecule has 1 heteroatoms. The molecule has 1 aromatic rings. The first-order chi connectivity index (χ1) is 5.40. The Labute approximate surface area is 65.4 Å². The van der Waals surface area contributed by atoms with E-state index in [1.807, 2.05) is 18.2 Å². The van der Waals surface area contributed by atoms with Crippen LogP contribution in [0.2, 0.25) is 0 Å². The molecule has 1 aromatic carbocycles. The van der Waals surface area contributed by atoms with Crippen LogP contribution >= 0.6 is 0 Å². The van der Waals surface area contributed by atoms with Gasteiger partial charge >= 0.3 is 0 Å². The van der Waals surface area contributed by atoms with Gasteiger partial charge in [0.1, 0.15) is 6.29 Å². The molecular formula is C10H8O. The highest BCUT2D eigenvalue weighted by molar-refractivity contribution is 5.77. The normalized spacial score (nSPS) is 13.1. The average Bonchev–Trinajstić information content (AvgIpc) is 2.50. The van der Waals surface area contributed by atoms with Crippen molar-refractivity contribution in [2.75, 3.05) is 0 Å². The van der Waals surface area contributed by atoms with Crippen LogP contribution in [0.25, 0.3) is 6.08 Å². The van der Waals surface area contributed by atoms with E-state index in [0.29, 0.717) is 0 Å². The molecule has 0 heterocycles. The summed E-state index contributed by atoms with van der Waals surface area (Å²) in [5.41, 5.74) is 3.26. The third-order valence-electron chi connectivity index (χ3n) is 1.94. The van der Waals surface area contributed by atoms with Crippen LogP contribution in [0.4, 0.5) is 0 Å². The second-order valence-corrected chi connectivity index (χ2v) is 2.68. The van der Waals surface area contributed by atoms with Gasteiger partial charge in [0.25, 0.3) is 0 Å². The van der Waals surface area contributed by atoms with Crippen LogP contribution in [0.1, 0.15) is 21.5 Å². The molecule has 1 aliphatic rings. The summed E-state index contributed by atoms with van der Waals surface area (Å²) in [4.78, 5) is 10.4. The van der Waals surface area contributed by atoms with Gasteiger partial charge in [-0.3, -0.25) is 4.79 Å². The number of fused-ring (bicyclic) bond motifs is 1. The number of benzene rings is 1. The molecule has 0 bridgehead atoms. The van der Waals surface area contributed by atoms with E-state index in [9.17, 15) is 4.79 Å². The molecule has 0 aromatic heterocycles. The van der Waals surface area contributed by atoms with Crippen LogP contribution in [0.5, 0.6) is 0 Å². The van der Waals surface area contributed by atoms with Crippen molar-refractivity contribution in [2.45, 2.75) is 6.42 Å². The molecule has 1 aliphatic carbocycles. The quantitative estimate of drug-likeness (QED) is 0.551. The molecule has 2 rings (SSSR count). The van der Waals surface area contributed by atoms with Gasteiger partial charge in [-0.2, -0.15) is 0 Å². The van der Waals surface area contributed by atoms with Crippen LogP contribution in [0, 0.1) is 0 Å². The Morgan fingerprint density at radius 1 is 1.36 bits per heavy atom. The molecule has 0 amide bonds. The molecule has 0 atom stereocenters. The maximum Gasteiger partial charge on any atom is 0.150 e. The summed E-state index contributed by atoms with van der Waals surface area (Å²) in [5.74, 6) is 0. The van der Waals surface area contributed by atoms with Gasteiger partial charge in [-0.15, -0.1) is 0 Å². The summed E-state index contributed by atoms with van der Waals surface area (Å²) in [5, 5.41) is 0. The van der Waals surface area contributed by atoms with Crippen molar-refractivity contribution < 1.29 is 4.79 Å². The minimum absolute atomic E-state index is 0.760. The molecule has 0 saturated heterocycles. The van der Waals surface area contributed by atoms with Crippen molar-refractivity contribution in [1.29, 1.82) is 0 Å². The Kier molecular flexibility index (Phi) is 1.35. The molecule has 0 aliphatic heterocycles. The summed E-state index contributed by atoms with van der Waals surface area (Å²) in [6, 6.07) is 5.80. The zero-order valence-electron chi connectivity index (χ0n) is 6.08. The summed E-state index contributed by atoms with van der Waals surface area (Å²) < 4.78 is 0. The van der Waals surface area contributed by atoms with Crippen molar-refractivity contribution >= 4 is 12.4 Å². The lowest BCUT2D eigenvalue weighted by Crippen LogP contribution is -1.84. The number of carbonyl (C=O) groups is 1. The molecule has 0 radical (unpaired) electrons. The SMILES string of the molecule is O=Cc1ccc2c(c1)C=CC2. The van der Waals surface area contributed by atoms with Gasteiger partial charge < -0.3 is 0 Å². The smallest absolute Gasteiger partial charge is 0.150 e. The molecule has 0 spiro atoms. The lowest BCUT2D eigenvalue weighted by Gasteiger charge is -1.97. The lowest BCUT2D eigenvalue weighted by atomic mass is 10.1. The molecule has 0 saturated carbocycles. The van der Waals surface area contributed by atoms with Crippen LogP contribution in [0.15, 0.2) is 24.3 Å². The molecular weight excluding hydrogens is 136 g/mol. The maximum atomic E-state index is 10.4. The van der Waals surface area contributed by atoms with Crippen molar-refractivity contribution in [3.63, 3.8) is 0 Å². The Hall–Kier alpha value is -1.37. The van der Waals surface area contributed by atoms with Crippen LogP contribution in [0.3, 0.4) is 0 Å². The molecule has 0 unspecified atom stereocenters. The van der Waals surface area contributed by atoms with E-state index < -0.39 is 0 Å². The van der Waals surface area contributed by atoms with Gasteiger partial charge in [0.05, 0.1) is 0 Å². The highest BCUT2D eigenvalue weighted by atomic mass is 16.1. The van der Waals surface area contributed by atoms with Gasteiger partial charge in [-0.1, -0.05) is 24.3 Å². The van der Waals surface area contributed by atoms with Gasteiger partial charge in [-0.25, -0.2) is 0 Å². The van der Waals surface area contributed by atoms with E-state index in [1.54, 1.807) is 0 Å². The fourth-order valence-corrected chi connectivity index (χ4v) is 1.34. The Morgan fingerprint density at radius 3 is 3.09 bits per heavy atom. The number of hydrogen-bond acceptors (Lipinski definition) is 1. The minimum atomic E-state index is 0.760. The third kappa shape index (κ3) is 0.984. The average molecular weight is 144 g/mol. The molecule has 54 valence electrons. The molecule has 0 fully saturated rings. The second kappa shape index (κ2) is 2.35. The van der Waals surface area contributed by atoms with E-state index in [0.717, 1.165) is 18.3 Å². The number of rotatable bonds is 1. The van der Waals surface area contributed by atoms with Crippen LogP contribution < -0.4 is 0 Å². The Bertz CT molecular complexity index is 324. The van der Waals surface area contributed by atoms with Crippen LogP contribution in [-0.2, 0) is 6.42 Å². The van der Waals surface area contributed by atoms with Crippen molar-refractivity contribution in [2.24, 2.45) is 0 Å². The predicted octanol–water partition coefficient (Wildman–Crippen LogP) is 2.07. The Balaban J connectivity index is 2.55. The van der Waals surface area contributed by atoms with Gasteiger partial charge in [0, 0.05) is 5.56 Å². The highest BCUT2D eigenvalue weighted by Gasteiger charge is 2.03. The lowest BCUT2D eigenvalue weighted by molar-refractivity contribution is 0.112. The molecule has 1 nitrogen and oxygen atoms in total. The zero-order valence-corrected chi connectivity index (χ0v) is 6.08. The number of aldehydes is 1. The van der Waals surface area contributed by atoms with Crippen molar-refractivity contribution in [3.05, 3.63) is 41.0 Å². The van der Waals surface area contributed by atoms with Gasteiger partial charge in [0.15, 0.2) is 0 Å². The molecule has 0 N–H and O–H groups in total. The highest BCUT2D eigenvalue weighted by Crippen LogP contribution is 2.19. The van der Waals surface area contributed by atoms with E-state index in [4.69, 9.17) is 0 Å². The summed E-state index contributed by atoms with van der Waals surface area (Å²) >= 11 is 0. The predicted molar refractivity (Wildman–Crippen MR) is 44.6 cm³/mol. The minimum Gasteiger partial charge on any atom is -0.298 e. The second-order valence-electron chi connectivity index (χ2n) is 2.68. The third-order valence-corrected chi connectivity index (χ3v) is 1.94. The largest absolute Gasteiger partial charge is 0.298 e. The first-order valence-corrected chi connectivity index (χ1v) is 3.65. The Morgan fingerprint density at radius 2 is 2.27 bits per heavy atom. The standard InChI is InChI=1S/C10H8O/c11-7-8-4-5-9-2-1-3-10(9)6-8/h1,3-7H,2H2. The number of carbonyl (C=O) groups excluding carboxylic acids is 1. The summed E-state index contributed by atoms with van der Waals surface area (Å²) in [6.45, 7) is 0. The number of hydrogen-bond donors (Lipinski definition) is 0. The van der Waals surface area contributed by atoms with Gasteiger partial charge in [-0.05, 0) is 23.6 Å². The van der Waals surface area contributed by atoms with E-state index in [2.05, 4.69) is 12.2 Å². The summed E-state index contributed by atoms with van der Waals surface area (Å²) in [6.07, 6.45) is 6.06.